The number of carboxylic acid groups (broad SMARTS) is 1. The highest BCUT2D eigenvalue weighted by Crippen LogP contribution is 2.21. The minimum Gasteiger partial charge on any atom is -0.508 e. The summed E-state index contributed by atoms with van der Waals surface area (Å²) in [4.78, 5) is 163. The van der Waals surface area contributed by atoms with Crippen molar-refractivity contribution >= 4 is 82.3 Å². The van der Waals surface area contributed by atoms with E-state index in [-0.39, 0.29) is 83.2 Å². The molecule has 0 radical (unpaired) electrons. The minimum absolute atomic E-state index is 0.0217. The summed E-state index contributed by atoms with van der Waals surface area (Å²) in [7, 11) is 0. The zero-order valence-electron chi connectivity index (χ0n) is 54.1. The van der Waals surface area contributed by atoms with Crippen LogP contribution in [-0.4, -0.2) is 154 Å². The summed E-state index contributed by atoms with van der Waals surface area (Å²) in [6, 6.07) is 22.2. The standard InChI is InChI=1S/C67H87N11O17/c1-66(2,3)94-57(84)36-53(63(90)75-50(58(68)85)33-41-19-9-7-10-20-41)76-60(87)49(74-62(89)52(35-44-38-71-47-24-14-13-23-46(44)47)77-64(91)93-40-43-21-11-8-12-22-43)26-16-18-32-70-55(81)37-54(80)69-31-17-15-25-48(59(86)72-39-56(82)83)73-61(88)51(78-65(92)95-67(4,5)6)34-42-27-29-45(79)30-28-42/h7-14,19-24,27-30,38,48-53,71,79H,15-18,25-26,31-37,39-40H2,1-6H3,(H2,68,85)(H,69,80)(H,70,81)(H,72,86)(H,73,88)(H,74,89)(H,75,90)(H,76,87)(H,77,91)(H,78,92)(H,82,83)/t48-,49-,50-,51-,52-,53-/m0/s1. The number of primary amides is 1. The molecular formula is C67H87N11O17. The van der Waals surface area contributed by atoms with E-state index >= 15 is 0 Å². The molecule has 512 valence electrons. The number of aromatic nitrogens is 1. The Labute approximate surface area is 550 Å². The molecule has 0 aliphatic rings. The van der Waals surface area contributed by atoms with Gasteiger partial charge in [-0.25, -0.2) is 9.59 Å². The number of carbonyl (C=O) groups is 12. The predicted octanol–water partition coefficient (Wildman–Crippen LogP) is 3.41. The van der Waals surface area contributed by atoms with Gasteiger partial charge < -0.3 is 83.0 Å². The molecule has 1 heterocycles. The fourth-order valence-electron chi connectivity index (χ4n) is 9.58. The molecule has 28 heteroatoms. The lowest BCUT2D eigenvalue weighted by Gasteiger charge is -2.27. The number of nitrogens with one attached hydrogen (secondary N) is 10. The van der Waals surface area contributed by atoms with E-state index in [0.29, 0.717) is 22.3 Å². The Hall–Kier alpha value is -10.5. The van der Waals surface area contributed by atoms with Gasteiger partial charge in [0.1, 0.15) is 72.8 Å². The number of aliphatic carboxylic acids is 1. The first kappa shape index (κ1) is 75.2. The number of carboxylic acids is 1. The number of alkyl carbamates (subject to hydrolysis) is 2. The van der Waals surface area contributed by atoms with E-state index in [9.17, 15) is 67.7 Å². The third kappa shape index (κ3) is 28.5. The number of phenolic OH excluding ortho intramolecular Hbond substituents is 1. The first-order valence-corrected chi connectivity index (χ1v) is 31.1. The molecule has 0 saturated heterocycles. The lowest BCUT2D eigenvalue weighted by Crippen LogP contribution is -2.59. The van der Waals surface area contributed by atoms with Gasteiger partial charge in [0.2, 0.25) is 47.3 Å². The summed E-state index contributed by atoms with van der Waals surface area (Å²) in [5, 5.41) is 42.8. The van der Waals surface area contributed by atoms with Crippen LogP contribution in [0, 0.1) is 0 Å². The normalized spacial score (nSPS) is 13.1. The maximum atomic E-state index is 14.6. The third-order valence-corrected chi connectivity index (χ3v) is 14.2. The summed E-state index contributed by atoms with van der Waals surface area (Å²) in [6.45, 7) is 8.80. The molecule has 0 bridgehead atoms. The molecule has 14 N–H and O–H groups in total. The van der Waals surface area contributed by atoms with Crippen LogP contribution >= 0.6 is 0 Å². The fraction of sp³-hybridized carbons (Fsp3) is 0.433. The van der Waals surface area contributed by atoms with E-state index in [1.165, 1.54) is 24.3 Å². The van der Waals surface area contributed by atoms with E-state index in [4.69, 9.17) is 19.9 Å². The number of rotatable bonds is 36. The highest BCUT2D eigenvalue weighted by Gasteiger charge is 2.35. The van der Waals surface area contributed by atoms with Crippen molar-refractivity contribution < 1.29 is 82.0 Å². The Morgan fingerprint density at radius 2 is 0.968 bits per heavy atom. The van der Waals surface area contributed by atoms with E-state index < -0.39 is 138 Å². The van der Waals surface area contributed by atoms with E-state index in [1.807, 2.05) is 18.2 Å². The molecular weight excluding hydrogens is 1230 g/mol. The van der Waals surface area contributed by atoms with E-state index in [0.717, 1.165) is 10.9 Å². The molecule has 5 aromatic rings. The molecule has 4 aromatic carbocycles. The summed E-state index contributed by atoms with van der Waals surface area (Å²) < 4.78 is 16.3. The second-order valence-corrected chi connectivity index (χ2v) is 24.5. The molecule has 5 rings (SSSR count). The SMILES string of the molecule is CC(C)(C)OC(=O)C[C@H](NC(=O)[C@H](CCCCNC(=O)CC(=O)NCCCC[C@H](NC(=O)[C@H](Cc1ccc(O)cc1)NC(=O)OC(C)(C)C)C(=O)NCC(=O)O)NC(=O)[C@H](Cc1c[nH]c2ccccc12)NC(=O)OCc1ccccc1)C(=O)N[C@@H](Cc1ccccc1)C(N)=O. The van der Waals surface area contributed by atoms with Crippen molar-refractivity contribution in [2.45, 2.75) is 166 Å². The van der Waals surface area contributed by atoms with Crippen LogP contribution in [0.25, 0.3) is 10.9 Å². The largest absolute Gasteiger partial charge is 0.508 e. The van der Waals surface area contributed by atoms with Gasteiger partial charge >= 0.3 is 24.1 Å². The van der Waals surface area contributed by atoms with Gasteiger partial charge in [-0.05, 0) is 121 Å². The Morgan fingerprint density at radius 1 is 0.495 bits per heavy atom. The van der Waals surface area contributed by atoms with Crippen molar-refractivity contribution in [3.05, 3.63) is 138 Å². The summed E-state index contributed by atoms with van der Waals surface area (Å²) in [5.41, 5.74) is 7.01. The van der Waals surface area contributed by atoms with Crippen LogP contribution in [0.5, 0.6) is 5.75 Å². The first-order valence-electron chi connectivity index (χ1n) is 31.1. The predicted molar refractivity (Wildman–Crippen MR) is 347 cm³/mol. The number of carbonyl (C=O) groups excluding carboxylic acids is 11. The van der Waals surface area contributed by atoms with Gasteiger partial charge in [0.05, 0.1) is 6.42 Å². The van der Waals surface area contributed by atoms with Crippen LogP contribution in [0.2, 0.25) is 0 Å². The lowest BCUT2D eigenvalue weighted by atomic mass is 10.0. The molecule has 0 fully saturated rings. The lowest BCUT2D eigenvalue weighted by molar-refractivity contribution is -0.156. The van der Waals surface area contributed by atoms with Crippen molar-refractivity contribution in [2.75, 3.05) is 19.6 Å². The van der Waals surface area contributed by atoms with E-state index in [1.54, 1.807) is 114 Å². The van der Waals surface area contributed by atoms with Gasteiger partial charge in [0.25, 0.3) is 0 Å². The number of esters is 1. The molecule has 28 nitrogen and oxygen atoms in total. The third-order valence-electron chi connectivity index (χ3n) is 14.2. The fourth-order valence-corrected chi connectivity index (χ4v) is 9.58. The van der Waals surface area contributed by atoms with Crippen molar-refractivity contribution in [3.8, 4) is 5.75 Å². The zero-order valence-corrected chi connectivity index (χ0v) is 54.1. The molecule has 0 saturated carbocycles. The van der Waals surface area contributed by atoms with Gasteiger partial charge in [-0.15, -0.1) is 0 Å². The maximum Gasteiger partial charge on any atom is 0.408 e. The molecule has 0 aliphatic heterocycles. The van der Waals surface area contributed by atoms with Crippen LogP contribution in [-0.2, 0) is 88.0 Å². The number of hydrogen-bond donors (Lipinski definition) is 13. The van der Waals surface area contributed by atoms with Crippen LogP contribution in [0.15, 0.2) is 115 Å². The summed E-state index contributed by atoms with van der Waals surface area (Å²) in [5.74, 6) is -8.91. The van der Waals surface area contributed by atoms with Crippen LogP contribution in [0.1, 0.15) is 115 Å². The maximum absolute atomic E-state index is 14.6. The number of para-hydroxylation sites is 1. The second-order valence-electron chi connectivity index (χ2n) is 24.5. The number of phenols is 1. The Kier molecular flexibility index (Phi) is 29.5. The minimum atomic E-state index is -1.69. The smallest absolute Gasteiger partial charge is 0.408 e. The Bertz CT molecular complexity index is 3420. The van der Waals surface area contributed by atoms with Crippen molar-refractivity contribution in [3.63, 3.8) is 0 Å². The van der Waals surface area contributed by atoms with E-state index in [2.05, 4.69) is 52.8 Å². The van der Waals surface area contributed by atoms with Crippen LogP contribution in [0.4, 0.5) is 9.59 Å². The van der Waals surface area contributed by atoms with Gasteiger partial charge in [0.15, 0.2) is 0 Å². The van der Waals surface area contributed by atoms with Gasteiger partial charge in [-0.2, -0.15) is 0 Å². The van der Waals surface area contributed by atoms with Crippen LogP contribution in [0.3, 0.4) is 0 Å². The number of fused-ring (bicyclic) bond motifs is 1. The summed E-state index contributed by atoms with van der Waals surface area (Å²) >= 11 is 0. The van der Waals surface area contributed by atoms with Gasteiger partial charge in [-0.3, -0.25) is 47.9 Å². The monoisotopic (exact) mass is 1320 g/mol. The number of aromatic amines is 1. The quantitative estimate of drug-likeness (QED) is 0.0118. The number of ether oxygens (including phenoxy) is 3. The molecule has 1 aromatic heterocycles. The molecule has 0 spiro atoms. The van der Waals surface area contributed by atoms with Crippen molar-refractivity contribution in [1.29, 1.82) is 0 Å². The average molecular weight is 1320 g/mol. The molecule has 6 atom stereocenters. The number of nitrogens with two attached hydrogens (primary N) is 1. The molecule has 0 aliphatic carbocycles. The van der Waals surface area contributed by atoms with Crippen molar-refractivity contribution in [2.24, 2.45) is 5.73 Å². The number of H-pyrrole nitrogens is 1. The topological polar surface area (TPSA) is 423 Å². The molecule has 95 heavy (non-hydrogen) atoms. The highest BCUT2D eigenvalue weighted by atomic mass is 16.6. The number of unbranched alkanes of at least 4 members (excludes halogenated alkanes) is 2. The highest BCUT2D eigenvalue weighted by molar-refractivity contribution is 5.98. The second kappa shape index (κ2) is 37.2. The number of aromatic hydroxyl groups is 1. The first-order chi connectivity index (χ1) is 45.0. The Balaban J connectivity index is 1.25. The average Bonchev–Trinajstić information content (AvgIpc) is 1.74. The molecule has 0 unspecified atom stereocenters. The Morgan fingerprint density at radius 3 is 1.54 bits per heavy atom. The molecule has 10 amide bonds. The number of benzene rings is 4. The zero-order chi connectivity index (χ0) is 69.7. The summed E-state index contributed by atoms with van der Waals surface area (Å²) in [6.07, 6.45) is -1.22. The number of hydrogen-bond acceptors (Lipinski definition) is 16. The van der Waals surface area contributed by atoms with Crippen molar-refractivity contribution in [1.82, 2.24) is 52.8 Å². The number of amides is 10. The van der Waals surface area contributed by atoms with Gasteiger partial charge in [0, 0.05) is 49.5 Å². The van der Waals surface area contributed by atoms with Gasteiger partial charge in [-0.1, -0.05) is 91.0 Å². The van der Waals surface area contributed by atoms with Crippen LogP contribution < -0.4 is 53.6 Å².